The van der Waals surface area contributed by atoms with Crippen LogP contribution in [0.1, 0.15) is 61.3 Å². The molecule has 3 heteroatoms. The van der Waals surface area contributed by atoms with Gasteiger partial charge in [0.05, 0.1) is 0 Å². The lowest BCUT2D eigenvalue weighted by Gasteiger charge is -2.26. The zero-order valence-electron chi connectivity index (χ0n) is 11.9. The van der Waals surface area contributed by atoms with Crippen LogP contribution in [0.2, 0.25) is 0 Å². The van der Waals surface area contributed by atoms with Crippen molar-refractivity contribution in [1.82, 2.24) is 9.97 Å². The molecule has 0 amide bonds. The van der Waals surface area contributed by atoms with Gasteiger partial charge in [0, 0.05) is 17.3 Å². The molecule has 1 aliphatic rings. The van der Waals surface area contributed by atoms with Crippen LogP contribution < -0.4 is 5.73 Å². The Morgan fingerprint density at radius 2 is 1.83 bits per heavy atom. The molecule has 0 aromatic carbocycles. The molecule has 3 nitrogen and oxygen atoms in total. The third-order valence-electron chi connectivity index (χ3n) is 4.13. The van der Waals surface area contributed by atoms with Crippen molar-refractivity contribution in [2.24, 2.45) is 11.7 Å². The third kappa shape index (κ3) is 2.89. The van der Waals surface area contributed by atoms with Gasteiger partial charge >= 0.3 is 0 Å². The highest BCUT2D eigenvalue weighted by molar-refractivity contribution is 5.25. The van der Waals surface area contributed by atoms with Crippen LogP contribution in [0.4, 0.5) is 0 Å². The van der Waals surface area contributed by atoms with Crippen LogP contribution in [0.5, 0.6) is 0 Å². The van der Waals surface area contributed by atoms with Gasteiger partial charge in [-0.3, -0.25) is 0 Å². The maximum Gasteiger partial charge on any atom is 0.131 e. The van der Waals surface area contributed by atoms with E-state index in [9.17, 15) is 0 Å². The second-order valence-corrected chi connectivity index (χ2v) is 5.74. The normalized spacial score (nSPS) is 24.2. The molecule has 0 aliphatic heterocycles. The van der Waals surface area contributed by atoms with E-state index in [1.54, 1.807) is 0 Å². The van der Waals surface area contributed by atoms with Crippen molar-refractivity contribution in [2.75, 3.05) is 6.54 Å². The predicted octanol–water partition coefficient (Wildman–Crippen LogP) is 2.89. The molecule has 2 unspecified atom stereocenters. The Morgan fingerprint density at radius 3 is 2.39 bits per heavy atom. The minimum absolute atomic E-state index is 0.568. The first kappa shape index (κ1) is 13.5. The van der Waals surface area contributed by atoms with Crippen LogP contribution in [0.25, 0.3) is 0 Å². The van der Waals surface area contributed by atoms with Gasteiger partial charge < -0.3 is 5.73 Å². The van der Waals surface area contributed by atoms with E-state index in [-0.39, 0.29) is 0 Å². The number of nitrogens with two attached hydrogens (primary N) is 1. The summed E-state index contributed by atoms with van der Waals surface area (Å²) in [6, 6.07) is 0. The molecule has 18 heavy (non-hydrogen) atoms. The van der Waals surface area contributed by atoms with Crippen molar-refractivity contribution in [2.45, 2.75) is 58.8 Å². The second-order valence-electron chi connectivity index (χ2n) is 5.74. The van der Waals surface area contributed by atoms with Crippen molar-refractivity contribution < 1.29 is 0 Å². The average molecular weight is 247 g/mol. The van der Waals surface area contributed by atoms with Gasteiger partial charge in [-0.2, -0.15) is 0 Å². The molecule has 0 bridgehead atoms. The van der Waals surface area contributed by atoms with E-state index in [1.165, 1.54) is 31.2 Å². The van der Waals surface area contributed by atoms with Crippen molar-refractivity contribution in [3.63, 3.8) is 0 Å². The molecule has 100 valence electrons. The zero-order valence-corrected chi connectivity index (χ0v) is 11.9. The number of rotatable bonds is 3. The van der Waals surface area contributed by atoms with Crippen LogP contribution in [0.15, 0.2) is 0 Å². The van der Waals surface area contributed by atoms with Crippen LogP contribution in [-0.4, -0.2) is 16.5 Å². The molecule has 0 radical (unpaired) electrons. The molecule has 1 aliphatic carbocycles. The van der Waals surface area contributed by atoms with E-state index in [2.05, 4.69) is 20.8 Å². The average Bonchev–Trinajstić information content (AvgIpc) is 2.33. The summed E-state index contributed by atoms with van der Waals surface area (Å²) in [5.41, 5.74) is 9.13. The minimum atomic E-state index is 0.568. The smallest absolute Gasteiger partial charge is 0.131 e. The fourth-order valence-electron chi connectivity index (χ4n) is 3.12. The summed E-state index contributed by atoms with van der Waals surface area (Å²) in [5, 5.41) is 0. The molecule has 0 spiro atoms. The topological polar surface area (TPSA) is 51.8 Å². The van der Waals surface area contributed by atoms with E-state index < -0.39 is 0 Å². The van der Waals surface area contributed by atoms with Gasteiger partial charge in [-0.15, -0.1) is 0 Å². The lowest BCUT2D eigenvalue weighted by Crippen LogP contribution is -2.17. The van der Waals surface area contributed by atoms with Gasteiger partial charge in [-0.25, -0.2) is 9.97 Å². The molecule has 2 N–H and O–H groups in total. The van der Waals surface area contributed by atoms with E-state index in [0.29, 0.717) is 12.5 Å². The fraction of sp³-hybridized carbons (Fsp3) is 0.733. The Kier molecular flexibility index (Phi) is 4.33. The molecule has 1 aromatic rings. The van der Waals surface area contributed by atoms with Gasteiger partial charge in [0.1, 0.15) is 5.82 Å². The minimum Gasteiger partial charge on any atom is -0.330 e. The molecule has 1 saturated carbocycles. The lowest BCUT2D eigenvalue weighted by molar-refractivity contribution is 0.334. The van der Waals surface area contributed by atoms with Crippen LogP contribution in [-0.2, 0) is 6.42 Å². The van der Waals surface area contributed by atoms with Gasteiger partial charge in [-0.05, 0) is 51.1 Å². The summed E-state index contributed by atoms with van der Waals surface area (Å²) in [6.07, 6.45) is 6.06. The summed E-state index contributed by atoms with van der Waals surface area (Å²) in [4.78, 5) is 9.49. The summed E-state index contributed by atoms with van der Waals surface area (Å²) in [6.45, 7) is 7.20. The quantitative estimate of drug-likeness (QED) is 0.893. The van der Waals surface area contributed by atoms with Crippen LogP contribution >= 0.6 is 0 Å². The van der Waals surface area contributed by atoms with Crippen molar-refractivity contribution in [3.8, 4) is 0 Å². The number of nitrogens with zero attached hydrogens (tertiary/aromatic N) is 2. The van der Waals surface area contributed by atoms with Gasteiger partial charge in [0.15, 0.2) is 0 Å². The highest BCUT2D eigenvalue weighted by Crippen LogP contribution is 2.34. The van der Waals surface area contributed by atoms with Gasteiger partial charge in [0.25, 0.3) is 0 Å². The Morgan fingerprint density at radius 1 is 1.17 bits per heavy atom. The first-order chi connectivity index (χ1) is 8.61. The summed E-state index contributed by atoms with van der Waals surface area (Å²) < 4.78 is 0. The molecule has 2 rings (SSSR count). The van der Waals surface area contributed by atoms with E-state index in [1.807, 2.05) is 0 Å². The van der Waals surface area contributed by atoms with E-state index in [4.69, 9.17) is 15.7 Å². The van der Waals surface area contributed by atoms with Crippen molar-refractivity contribution >= 4 is 0 Å². The maximum absolute atomic E-state index is 5.64. The van der Waals surface area contributed by atoms with Crippen molar-refractivity contribution in [1.29, 1.82) is 0 Å². The molecule has 2 atom stereocenters. The van der Waals surface area contributed by atoms with E-state index >= 15 is 0 Å². The molecular formula is C15H25N3. The fourth-order valence-corrected chi connectivity index (χ4v) is 3.12. The summed E-state index contributed by atoms with van der Waals surface area (Å²) in [5.74, 6) is 2.45. The SMILES string of the molecule is Cc1nc(C2CCCC(C)C2)nc(C)c1CCN. The number of hydrogen-bond donors (Lipinski definition) is 1. The summed E-state index contributed by atoms with van der Waals surface area (Å²) >= 11 is 0. The molecule has 0 saturated heterocycles. The first-order valence-corrected chi connectivity index (χ1v) is 7.16. The molecule has 1 aromatic heterocycles. The Labute approximate surface area is 110 Å². The number of hydrogen-bond acceptors (Lipinski definition) is 3. The van der Waals surface area contributed by atoms with E-state index in [0.717, 1.165) is 29.6 Å². The van der Waals surface area contributed by atoms with Gasteiger partial charge in [-0.1, -0.05) is 19.8 Å². The monoisotopic (exact) mass is 247 g/mol. The van der Waals surface area contributed by atoms with Gasteiger partial charge in [0.2, 0.25) is 0 Å². The first-order valence-electron chi connectivity index (χ1n) is 7.16. The molecule has 1 fully saturated rings. The number of aromatic nitrogens is 2. The van der Waals surface area contributed by atoms with Crippen molar-refractivity contribution in [3.05, 3.63) is 22.8 Å². The second kappa shape index (κ2) is 5.79. The Bertz CT molecular complexity index is 391. The standard InChI is InChI=1S/C15H25N3/c1-10-5-4-6-13(9-10)15-17-11(2)14(7-8-16)12(3)18-15/h10,13H,4-9,16H2,1-3H3. The highest BCUT2D eigenvalue weighted by Gasteiger charge is 2.23. The number of aryl methyl sites for hydroxylation is 2. The lowest BCUT2D eigenvalue weighted by atomic mass is 9.82. The van der Waals surface area contributed by atoms with Crippen LogP contribution in [0.3, 0.4) is 0 Å². The predicted molar refractivity (Wildman–Crippen MR) is 74.6 cm³/mol. The Hall–Kier alpha value is -0.960. The Balaban J connectivity index is 2.24. The maximum atomic E-state index is 5.64. The molecular weight excluding hydrogens is 222 g/mol. The molecule has 1 heterocycles. The highest BCUT2D eigenvalue weighted by atomic mass is 14.9. The summed E-state index contributed by atoms with van der Waals surface area (Å²) in [7, 11) is 0. The largest absolute Gasteiger partial charge is 0.330 e. The third-order valence-corrected chi connectivity index (χ3v) is 4.13. The zero-order chi connectivity index (χ0) is 13.1. The van der Waals surface area contributed by atoms with Crippen LogP contribution in [0, 0.1) is 19.8 Å².